The second-order valence-electron chi connectivity index (χ2n) is 8.46. The molecule has 1 aliphatic rings. The Morgan fingerprint density at radius 1 is 0.906 bits per heavy atom. The van der Waals surface area contributed by atoms with Crippen molar-refractivity contribution in [3.63, 3.8) is 0 Å². The van der Waals surface area contributed by atoms with E-state index in [0.29, 0.717) is 5.92 Å². The molecule has 0 saturated carbocycles. The van der Waals surface area contributed by atoms with Gasteiger partial charge in [0.15, 0.2) is 0 Å². The fraction of sp³-hybridized carbons (Fsp3) is 0.321. The molecule has 0 amide bonds. The third-order valence-corrected chi connectivity index (χ3v) is 5.54. The quantitative estimate of drug-likeness (QED) is 0.205. The van der Waals surface area contributed by atoms with Gasteiger partial charge in [-0.05, 0) is 6.92 Å². The second-order valence-corrected chi connectivity index (χ2v) is 17.8. The predicted molar refractivity (Wildman–Crippen MR) is 146 cm³/mol. The predicted octanol–water partition coefficient (Wildman–Crippen LogP) is 9.19. The summed E-state index contributed by atoms with van der Waals surface area (Å²) in [5, 5.41) is 2.71. The molecular weight excluding hydrogens is 527 g/mol. The van der Waals surface area contributed by atoms with E-state index in [1.807, 2.05) is 0 Å². The van der Waals surface area contributed by atoms with Crippen molar-refractivity contribution >= 4 is 41.0 Å². The van der Waals surface area contributed by atoms with Crippen molar-refractivity contribution in [2.24, 2.45) is 5.92 Å². The molecule has 1 atom stereocenters. The van der Waals surface area contributed by atoms with E-state index in [-0.39, 0.29) is 30.2 Å². The molecule has 4 rings (SSSR count). The topological polar surface area (TPSA) is 0 Å². The minimum absolute atomic E-state index is 0. The Kier molecular flexibility index (Phi) is 14.1. The molecule has 0 bridgehead atoms. The van der Waals surface area contributed by atoms with Gasteiger partial charge in [-0.2, -0.15) is 11.1 Å². The molecule has 3 aromatic rings. The molecule has 0 spiro atoms. The van der Waals surface area contributed by atoms with Gasteiger partial charge in [0.1, 0.15) is 0 Å². The van der Waals surface area contributed by atoms with Crippen molar-refractivity contribution in [1.29, 1.82) is 0 Å². The molecule has 0 N–H and O–H groups in total. The van der Waals surface area contributed by atoms with Gasteiger partial charge in [-0.1, -0.05) is 81.1 Å². The number of benzene rings is 2. The molecule has 0 nitrogen and oxygen atoms in total. The summed E-state index contributed by atoms with van der Waals surface area (Å²) in [6.07, 6.45) is 3.36. The van der Waals surface area contributed by atoms with Gasteiger partial charge in [-0.15, -0.1) is 71.8 Å². The third-order valence-electron chi connectivity index (χ3n) is 5.54. The van der Waals surface area contributed by atoms with Crippen LogP contribution in [0.15, 0.2) is 71.3 Å². The van der Waals surface area contributed by atoms with Gasteiger partial charge in [0, 0.05) is 0 Å². The Hall–Kier alpha value is -0.790. The number of rotatable bonds is 1. The molecule has 0 saturated heterocycles. The van der Waals surface area contributed by atoms with Gasteiger partial charge in [0.05, 0.1) is 0 Å². The molecule has 0 fully saturated rings. The first-order valence-electron chi connectivity index (χ1n) is 10.6. The van der Waals surface area contributed by atoms with Gasteiger partial charge < -0.3 is 0 Å². The summed E-state index contributed by atoms with van der Waals surface area (Å²) in [6, 6.07) is 19.6. The first-order valence-corrected chi connectivity index (χ1v) is 16.8. The maximum atomic E-state index is 3.36. The smallest absolute Gasteiger partial charge is 0.0486 e. The van der Waals surface area contributed by atoms with E-state index in [9.17, 15) is 0 Å². The minimum atomic E-state index is 0. The summed E-state index contributed by atoms with van der Waals surface area (Å²) < 4.78 is 0. The molecular formula is C28H36Cl2SiZr. The summed E-state index contributed by atoms with van der Waals surface area (Å²) in [5.74, 6) is 0.560. The van der Waals surface area contributed by atoms with Crippen molar-refractivity contribution in [3.05, 3.63) is 88.5 Å². The molecule has 4 heteroatoms. The van der Waals surface area contributed by atoms with Crippen LogP contribution in [0.2, 0.25) is 13.1 Å². The number of hydrogen-bond donors (Lipinski definition) is 0. The van der Waals surface area contributed by atoms with Crippen molar-refractivity contribution in [1.82, 2.24) is 0 Å². The van der Waals surface area contributed by atoms with Gasteiger partial charge >= 0.3 is 41.9 Å². The maximum Gasteiger partial charge on any atom is -0.0486 e. The zero-order valence-corrected chi connectivity index (χ0v) is 25.7. The minimum Gasteiger partial charge on any atom is -0.149 e. The van der Waals surface area contributed by atoms with Gasteiger partial charge in [-0.25, -0.2) is 5.57 Å². The maximum absolute atomic E-state index is 3.36. The normalized spacial score (nSPS) is 14.3. The zero-order chi connectivity index (χ0) is 22.4. The molecule has 0 heterocycles. The summed E-state index contributed by atoms with van der Waals surface area (Å²) in [6.45, 7) is 17.6. The molecule has 3 aromatic carbocycles. The fourth-order valence-electron chi connectivity index (χ4n) is 3.70. The SMILES string of the molecule is CC1=[C-]C(C)C(C)=C1C.C[Si](C)=[Zr+2].Cc1ccc2c(-c3ccccc3)c(C)[cH-]c2c1.Cl.Cl. The van der Waals surface area contributed by atoms with E-state index in [1.54, 1.807) is 23.3 Å². The van der Waals surface area contributed by atoms with Crippen LogP contribution in [0, 0.1) is 25.8 Å². The number of aryl methyl sites for hydroxylation is 2. The Morgan fingerprint density at radius 3 is 1.91 bits per heavy atom. The van der Waals surface area contributed by atoms with Crippen molar-refractivity contribution in [3.8, 4) is 11.1 Å². The summed E-state index contributed by atoms with van der Waals surface area (Å²) in [7, 11) is 0. The second kappa shape index (κ2) is 14.5. The monoisotopic (exact) mass is 560 g/mol. The van der Waals surface area contributed by atoms with E-state index < -0.39 is 0 Å². The van der Waals surface area contributed by atoms with Crippen LogP contribution in [-0.2, 0) is 23.3 Å². The van der Waals surface area contributed by atoms with Gasteiger partial charge in [0.2, 0.25) is 0 Å². The standard InChI is InChI=1S/C17H15.C9H13.C2H6Si.2ClH.Zr/c1-12-8-9-16-15(10-12)11-13(2)17(16)14-6-4-3-5-7-14;1-6-5-7(2)9(4)8(6)3;1-3-2;;;/h3-11H,1-2H3;6H,1-4H3;1-2H3;2*1H;/q2*-1;;;;+2. The van der Waals surface area contributed by atoms with Crippen molar-refractivity contribution in [2.45, 2.75) is 54.6 Å². The van der Waals surface area contributed by atoms with Gasteiger partial charge in [0.25, 0.3) is 0 Å². The van der Waals surface area contributed by atoms with Crippen LogP contribution in [0.1, 0.15) is 38.8 Å². The number of halogens is 2. The summed E-state index contributed by atoms with van der Waals surface area (Å²) in [5.41, 5.74) is 9.82. The van der Waals surface area contributed by atoms with Crippen LogP contribution < -0.4 is 0 Å². The largest absolute Gasteiger partial charge is 0.149 e. The van der Waals surface area contributed by atoms with Gasteiger partial charge in [-0.3, -0.25) is 6.08 Å². The zero-order valence-electron chi connectivity index (χ0n) is 20.6. The summed E-state index contributed by atoms with van der Waals surface area (Å²) in [4.78, 5) is 0. The molecule has 0 aliphatic heterocycles. The Balaban J connectivity index is 0.000000547. The van der Waals surface area contributed by atoms with Crippen LogP contribution in [0.25, 0.3) is 21.9 Å². The van der Waals surface area contributed by atoms with Crippen LogP contribution in [0.5, 0.6) is 0 Å². The average Bonchev–Trinajstić information content (AvgIpc) is 3.12. The first kappa shape index (κ1) is 31.2. The van der Waals surface area contributed by atoms with E-state index >= 15 is 0 Å². The Labute approximate surface area is 223 Å². The number of hydrogen-bond acceptors (Lipinski definition) is 0. The average molecular weight is 563 g/mol. The molecule has 32 heavy (non-hydrogen) atoms. The van der Waals surface area contributed by atoms with Crippen LogP contribution in [0.3, 0.4) is 0 Å². The van der Waals surface area contributed by atoms with Crippen molar-refractivity contribution in [2.75, 3.05) is 0 Å². The van der Waals surface area contributed by atoms with E-state index in [2.05, 4.69) is 115 Å². The van der Waals surface area contributed by atoms with E-state index in [4.69, 9.17) is 0 Å². The molecule has 1 aliphatic carbocycles. The molecule has 1 unspecified atom stereocenters. The molecule has 0 radical (unpaired) electrons. The summed E-state index contributed by atoms with van der Waals surface area (Å²) >= 11 is 1.74. The molecule has 0 aromatic heterocycles. The van der Waals surface area contributed by atoms with Crippen LogP contribution >= 0.6 is 24.8 Å². The van der Waals surface area contributed by atoms with Crippen molar-refractivity contribution < 1.29 is 23.3 Å². The van der Waals surface area contributed by atoms with E-state index in [1.165, 1.54) is 49.7 Å². The fourth-order valence-corrected chi connectivity index (χ4v) is 3.70. The number of allylic oxidation sites excluding steroid dienone is 4. The number of fused-ring (bicyclic) bond motifs is 1. The van der Waals surface area contributed by atoms with Crippen LogP contribution in [-0.4, -0.2) is 5.43 Å². The third kappa shape index (κ3) is 8.53. The molecule has 170 valence electrons. The Morgan fingerprint density at radius 2 is 1.47 bits per heavy atom. The Bertz CT molecular complexity index is 1090. The van der Waals surface area contributed by atoms with Crippen LogP contribution in [0.4, 0.5) is 0 Å². The first-order chi connectivity index (χ1) is 14.1. The van der Waals surface area contributed by atoms with E-state index in [0.717, 1.165) is 0 Å².